The number of thioether (sulfide) groups is 1. The van der Waals surface area contributed by atoms with E-state index in [1.165, 1.54) is 29.5 Å². The second-order valence-electron chi connectivity index (χ2n) is 7.79. The summed E-state index contributed by atoms with van der Waals surface area (Å²) in [7, 11) is 0. The maximum Gasteiger partial charge on any atom is 0.230 e. The van der Waals surface area contributed by atoms with Gasteiger partial charge >= 0.3 is 0 Å². The second-order valence-corrected chi connectivity index (χ2v) is 8.73. The van der Waals surface area contributed by atoms with Gasteiger partial charge in [0.1, 0.15) is 5.82 Å². The third-order valence-corrected chi connectivity index (χ3v) is 6.28. The molecule has 0 aliphatic carbocycles. The normalized spacial score (nSPS) is 11.8. The van der Waals surface area contributed by atoms with Crippen molar-refractivity contribution in [2.75, 3.05) is 12.3 Å². The first-order valence-corrected chi connectivity index (χ1v) is 11.8. The van der Waals surface area contributed by atoms with E-state index in [-0.39, 0.29) is 23.4 Å². The number of rotatable bonds is 9. The number of aromatic nitrogens is 3. The minimum Gasteiger partial charge on any atom is -0.355 e. The van der Waals surface area contributed by atoms with Crippen LogP contribution in [0.4, 0.5) is 4.39 Å². The van der Waals surface area contributed by atoms with Gasteiger partial charge in [0.25, 0.3) is 0 Å². The lowest BCUT2D eigenvalue weighted by molar-refractivity contribution is -0.118. The highest BCUT2D eigenvalue weighted by Crippen LogP contribution is 2.25. The van der Waals surface area contributed by atoms with Gasteiger partial charge in [0.05, 0.1) is 12.3 Å². The van der Waals surface area contributed by atoms with Gasteiger partial charge in [0.2, 0.25) is 5.91 Å². The van der Waals surface area contributed by atoms with Crippen molar-refractivity contribution in [1.29, 1.82) is 0 Å². The minimum atomic E-state index is -0.302. The zero-order chi connectivity index (χ0) is 23.0. The molecular weight excluding hydrogens is 435 g/mol. The first-order valence-electron chi connectivity index (χ1n) is 10.8. The molecule has 1 aromatic heterocycles. The van der Waals surface area contributed by atoms with Crippen LogP contribution in [0.2, 0.25) is 0 Å². The van der Waals surface area contributed by atoms with Crippen molar-refractivity contribution in [2.24, 2.45) is 0 Å². The number of nitrogens with one attached hydrogen (secondary N) is 1. The molecule has 0 spiro atoms. The number of amides is 1. The molecule has 33 heavy (non-hydrogen) atoms. The van der Waals surface area contributed by atoms with E-state index in [9.17, 15) is 9.18 Å². The molecule has 1 unspecified atom stereocenters. The van der Waals surface area contributed by atoms with E-state index in [4.69, 9.17) is 0 Å². The molecule has 0 aliphatic heterocycles. The van der Waals surface area contributed by atoms with Crippen LogP contribution in [0.25, 0.3) is 11.4 Å². The second kappa shape index (κ2) is 10.9. The molecule has 5 nitrogen and oxygen atoms in total. The van der Waals surface area contributed by atoms with Crippen molar-refractivity contribution >= 4 is 17.7 Å². The van der Waals surface area contributed by atoms with Gasteiger partial charge in [0.15, 0.2) is 11.0 Å². The maximum absolute atomic E-state index is 13.4. The third-order valence-electron chi connectivity index (χ3n) is 5.31. The Hall–Kier alpha value is -3.45. The number of halogens is 1. The van der Waals surface area contributed by atoms with E-state index >= 15 is 0 Å². The summed E-state index contributed by atoms with van der Waals surface area (Å²) >= 11 is 1.34. The van der Waals surface area contributed by atoms with E-state index in [1.807, 2.05) is 53.1 Å². The van der Waals surface area contributed by atoms with Crippen molar-refractivity contribution in [2.45, 2.75) is 24.5 Å². The smallest absolute Gasteiger partial charge is 0.230 e. The lowest BCUT2D eigenvalue weighted by Gasteiger charge is -2.13. The summed E-state index contributed by atoms with van der Waals surface area (Å²) in [6.07, 6.45) is 0. The molecule has 1 atom stereocenters. The van der Waals surface area contributed by atoms with E-state index < -0.39 is 0 Å². The zero-order valence-corrected chi connectivity index (χ0v) is 19.1. The molecule has 1 amide bonds. The fraction of sp³-hybridized carbons (Fsp3) is 0.192. The quantitative estimate of drug-likeness (QED) is 0.351. The SMILES string of the molecule is CC(CNC(=O)CSc1nnc(-c2ccc(F)cc2)n1Cc1ccccc1)c1ccccc1. The Bertz CT molecular complexity index is 1180. The van der Waals surface area contributed by atoms with Crippen LogP contribution in [0.15, 0.2) is 90.1 Å². The van der Waals surface area contributed by atoms with Gasteiger partial charge in [-0.1, -0.05) is 79.3 Å². The topological polar surface area (TPSA) is 59.8 Å². The maximum atomic E-state index is 13.4. The van der Waals surface area contributed by atoms with Crippen molar-refractivity contribution in [3.05, 3.63) is 102 Å². The Balaban J connectivity index is 1.45. The molecule has 0 radical (unpaired) electrons. The molecule has 1 heterocycles. The first kappa shape index (κ1) is 22.7. The van der Waals surface area contributed by atoms with Gasteiger partial charge in [-0.2, -0.15) is 0 Å². The molecule has 168 valence electrons. The summed E-state index contributed by atoms with van der Waals surface area (Å²) in [4.78, 5) is 12.5. The minimum absolute atomic E-state index is 0.0552. The summed E-state index contributed by atoms with van der Waals surface area (Å²) in [5, 5.41) is 12.3. The van der Waals surface area contributed by atoms with Crippen LogP contribution in [0.5, 0.6) is 0 Å². The lowest BCUT2D eigenvalue weighted by Crippen LogP contribution is -2.29. The average Bonchev–Trinajstić information content (AvgIpc) is 3.25. The highest BCUT2D eigenvalue weighted by molar-refractivity contribution is 7.99. The fourth-order valence-corrected chi connectivity index (χ4v) is 4.23. The summed E-state index contributed by atoms with van der Waals surface area (Å²) in [5.74, 6) is 0.744. The van der Waals surface area contributed by atoms with Gasteiger partial charge in [-0.05, 0) is 41.3 Å². The van der Waals surface area contributed by atoms with Crippen LogP contribution in [-0.2, 0) is 11.3 Å². The average molecular weight is 461 g/mol. The Morgan fingerprint density at radius 2 is 1.64 bits per heavy atom. The van der Waals surface area contributed by atoms with E-state index in [0.29, 0.717) is 24.1 Å². The number of hydrogen-bond donors (Lipinski definition) is 1. The Kier molecular flexibility index (Phi) is 7.52. The number of carbonyl (C=O) groups excluding carboxylic acids is 1. The van der Waals surface area contributed by atoms with Crippen LogP contribution < -0.4 is 5.32 Å². The predicted molar refractivity (Wildman–Crippen MR) is 130 cm³/mol. The Morgan fingerprint density at radius 3 is 2.33 bits per heavy atom. The summed E-state index contributed by atoms with van der Waals surface area (Å²) in [5.41, 5.74) is 3.05. The van der Waals surface area contributed by atoms with Gasteiger partial charge in [0, 0.05) is 12.1 Å². The molecule has 7 heteroatoms. The number of carbonyl (C=O) groups is 1. The Morgan fingerprint density at radius 1 is 0.970 bits per heavy atom. The highest BCUT2D eigenvalue weighted by Gasteiger charge is 2.17. The van der Waals surface area contributed by atoms with Crippen LogP contribution in [0, 0.1) is 5.82 Å². The summed E-state index contributed by atoms with van der Waals surface area (Å²) in [6.45, 7) is 3.21. The van der Waals surface area contributed by atoms with Gasteiger partial charge in [-0.15, -0.1) is 10.2 Å². The molecule has 4 rings (SSSR count). The molecule has 4 aromatic rings. The molecule has 3 aromatic carbocycles. The predicted octanol–water partition coefficient (Wildman–Crippen LogP) is 5.14. The molecule has 0 fully saturated rings. The fourth-order valence-electron chi connectivity index (χ4n) is 3.46. The largest absolute Gasteiger partial charge is 0.355 e. The van der Waals surface area contributed by atoms with Gasteiger partial charge < -0.3 is 5.32 Å². The standard InChI is InChI=1S/C26H25FN4OS/c1-19(21-10-6-3-7-11-21)16-28-24(32)18-33-26-30-29-25(22-12-14-23(27)15-13-22)31(26)17-20-8-4-2-5-9-20/h2-15,19H,16-18H2,1H3,(H,28,32). The van der Waals surface area contributed by atoms with Gasteiger partial charge in [-0.25, -0.2) is 4.39 Å². The van der Waals surface area contributed by atoms with E-state index in [1.54, 1.807) is 12.1 Å². The van der Waals surface area contributed by atoms with Crippen LogP contribution in [0.1, 0.15) is 24.0 Å². The lowest BCUT2D eigenvalue weighted by atomic mass is 10.0. The van der Waals surface area contributed by atoms with Crippen LogP contribution in [-0.4, -0.2) is 33.0 Å². The van der Waals surface area contributed by atoms with Crippen LogP contribution in [0.3, 0.4) is 0 Å². The van der Waals surface area contributed by atoms with Crippen LogP contribution >= 0.6 is 11.8 Å². The number of nitrogens with zero attached hydrogens (tertiary/aromatic N) is 3. The Labute approximate surface area is 197 Å². The molecule has 0 saturated heterocycles. The third kappa shape index (κ3) is 6.08. The number of benzene rings is 3. The molecule has 0 bridgehead atoms. The summed E-state index contributed by atoms with van der Waals surface area (Å²) < 4.78 is 15.4. The molecule has 0 aliphatic rings. The monoisotopic (exact) mass is 460 g/mol. The zero-order valence-electron chi connectivity index (χ0n) is 18.3. The number of hydrogen-bond acceptors (Lipinski definition) is 4. The van der Waals surface area contributed by atoms with E-state index in [0.717, 1.165) is 11.1 Å². The van der Waals surface area contributed by atoms with Crippen molar-refractivity contribution in [3.8, 4) is 11.4 Å². The van der Waals surface area contributed by atoms with Gasteiger partial charge in [-0.3, -0.25) is 9.36 Å². The first-order chi connectivity index (χ1) is 16.1. The molecule has 1 N–H and O–H groups in total. The highest BCUT2D eigenvalue weighted by atomic mass is 32.2. The summed E-state index contributed by atoms with van der Waals surface area (Å²) in [6, 6.07) is 26.3. The van der Waals surface area contributed by atoms with Crippen molar-refractivity contribution in [3.63, 3.8) is 0 Å². The molecular formula is C26H25FN4OS. The molecule has 0 saturated carbocycles. The van der Waals surface area contributed by atoms with Crippen molar-refractivity contribution in [1.82, 2.24) is 20.1 Å². The van der Waals surface area contributed by atoms with Crippen molar-refractivity contribution < 1.29 is 9.18 Å². The van der Waals surface area contributed by atoms with E-state index in [2.05, 4.69) is 34.6 Å².